The van der Waals surface area contributed by atoms with Crippen molar-refractivity contribution in [2.45, 2.75) is 6.92 Å². The van der Waals surface area contributed by atoms with Crippen LogP contribution in [0.4, 0.5) is 0 Å². The van der Waals surface area contributed by atoms with E-state index in [4.69, 9.17) is 21.1 Å². The summed E-state index contributed by atoms with van der Waals surface area (Å²) in [7, 11) is 0. The van der Waals surface area contributed by atoms with Gasteiger partial charge < -0.3 is 14.8 Å². The molecule has 2 N–H and O–H groups in total. The second-order valence-corrected chi connectivity index (χ2v) is 7.31. The number of nitrogens with zero attached hydrogens (tertiary/aromatic N) is 1. The monoisotopic (exact) mass is 479 g/mol. The van der Waals surface area contributed by atoms with E-state index in [0.717, 1.165) is 0 Å². The van der Waals surface area contributed by atoms with E-state index in [0.29, 0.717) is 34.1 Å². The minimum atomic E-state index is -0.504. The lowest BCUT2D eigenvalue weighted by atomic mass is 10.2. The second kappa shape index (κ2) is 12.2. The molecule has 9 heteroatoms. The van der Waals surface area contributed by atoms with Crippen LogP contribution in [0.3, 0.4) is 0 Å². The molecule has 0 aromatic heterocycles. The fourth-order valence-corrected chi connectivity index (χ4v) is 2.90. The average molecular weight is 480 g/mol. The van der Waals surface area contributed by atoms with Gasteiger partial charge in [-0.3, -0.25) is 9.59 Å². The Balaban J connectivity index is 1.55. The molecule has 0 aliphatic rings. The summed E-state index contributed by atoms with van der Waals surface area (Å²) in [4.78, 5) is 36.3. The highest BCUT2D eigenvalue weighted by molar-refractivity contribution is 6.30. The zero-order chi connectivity index (χ0) is 24.3. The Kier molecular flexibility index (Phi) is 8.76. The van der Waals surface area contributed by atoms with Gasteiger partial charge in [0.25, 0.3) is 11.8 Å². The molecule has 2 amide bonds. The first-order chi connectivity index (χ1) is 16.5. The van der Waals surface area contributed by atoms with Crippen molar-refractivity contribution in [2.24, 2.45) is 5.10 Å². The maximum atomic E-state index is 12.3. The molecule has 0 saturated heterocycles. The van der Waals surface area contributed by atoms with Crippen LogP contribution < -0.4 is 20.2 Å². The first kappa shape index (κ1) is 24.5. The molecule has 0 heterocycles. The standard InChI is InChI=1S/C25H22ClN3O5/c1-2-33-22-14-17(8-13-21(22)34-25(32)19-6-4-3-5-7-19)15-28-29-23(30)16-27-24(31)18-9-11-20(26)12-10-18/h3-15H,2,16H2,1H3,(H,27,31)(H,29,30). The fraction of sp³-hybridized carbons (Fsp3) is 0.120. The first-order valence-electron chi connectivity index (χ1n) is 10.4. The molecule has 0 bridgehead atoms. The van der Waals surface area contributed by atoms with Gasteiger partial charge in [0.15, 0.2) is 11.5 Å². The van der Waals surface area contributed by atoms with Crippen molar-refractivity contribution >= 4 is 35.6 Å². The highest BCUT2D eigenvalue weighted by atomic mass is 35.5. The van der Waals surface area contributed by atoms with Gasteiger partial charge in [0, 0.05) is 10.6 Å². The smallest absolute Gasteiger partial charge is 0.343 e. The van der Waals surface area contributed by atoms with E-state index < -0.39 is 17.8 Å². The predicted molar refractivity (Wildman–Crippen MR) is 129 cm³/mol. The largest absolute Gasteiger partial charge is 0.490 e. The number of benzene rings is 3. The Morgan fingerprint density at radius 2 is 1.68 bits per heavy atom. The third kappa shape index (κ3) is 7.18. The van der Waals surface area contributed by atoms with Gasteiger partial charge in [-0.05, 0) is 67.1 Å². The number of hydrazone groups is 1. The molecule has 0 saturated carbocycles. The normalized spacial score (nSPS) is 10.5. The van der Waals surface area contributed by atoms with Crippen LogP contribution in [0.2, 0.25) is 5.02 Å². The highest BCUT2D eigenvalue weighted by Gasteiger charge is 2.13. The van der Waals surface area contributed by atoms with E-state index in [2.05, 4.69) is 15.8 Å². The number of esters is 1. The SMILES string of the molecule is CCOc1cc(C=NNC(=O)CNC(=O)c2ccc(Cl)cc2)ccc1OC(=O)c1ccccc1. The molecular formula is C25H22ClN3O5. The zero-order valence-electron chi connectivity index (χ0n) is 18.3. The number of carbonyl (C=O) groups excluding carboxylic acids is 3. The fourth-order valence-electron chi connectivity index (χ4n) is 2.77. The summed E-state index contributed by atoms with van der Waals surface area (Å²) in [5.41, 5.74) is 3.74. The second-order valence-electron chi connectivity index (χ2n) is 6.88. The third-order valence-electron chi connectivity index (χ3n) is 4.40. The minimum Gasteiger partial charge on any atom is -0.490 e. The number of nitrogens with one attached hydrogen (secondary N) is 2. The molecule has 0 atom stereocenters. The Morgan fingerprint density at radius 3 is 2.38 bits per heavy atom. The van der Waals surface area contributed by atoms with E-state index in [1.165, 1.54) is 6.21 Å². The van der Waals surface area contributed by atoms with Crippen molar-refractivity contribution in [2.75, 3.05) is 13.2 Å². The highest BCUT2D eigenvalue weighted by Crippen LogP contribution is 2.29. The van der Waals surface area contributed by atoms with E-state index in [1.54, 1.807) is 66.7 Å². The topological polar surface area (TPSA) is 106 Å². The lowest BCUT2D eigenvalue weighted by molar-refractivity contribution is -0.120. The molecular weight excluding hydrogens is 458 g/mol. The average Bonchev–Trinajstić information content (AvgIpc) is 2.85. The van der Waals surface area contributed by atoms with E-state index >= 15 is 0 Å². The quantitative estimate of drug-likeness (QED) is 0.210. The van der Waals surface area contributed by atoms with Crippen LogP contribution in [-0.4, -0.2) is 37.1 Å². The van der Waals surface area contributed by atoms with Gasteiger partial charge in [-0.1, -0.05) is 29.8 Å². The summed E-state index contributed by atoms with van der Waals surface area (Å²) in [5.74, 6) is -0.787. The molecule has 0 aliphatic heterocycles. The Bertz CT molecular complexity index is 1180. The van der Waals surface area contributed by atoms with Gasteiger partial charge in [-0.25, -0.2) is 10.2 Å². The van der Waals surface area contributed by atoms with Gasteiger partial charge in [0.1, 0.15) is 0 Å². The van der Waals surface area contributed by atoms with Crippen molar-refractivity contribution in [1.29, 1.82) is 0 Å². The Hall–Kier alpha value is -4.17. The molecule has 3 rings (SSSR count). The van der Waals surface area contributed by atoms with Crippen molar-refractivity contribution in [3.63, 3.8) is 0 Å². The van der Waals surface area contributed by atoms with Crippen LogP contribution in [-0.2, 0) is 4.79 Å². The van der Waals surface area contributed by atoms with Gasteiger partial charge in [0.2, 0.25) is 0 Å². The van der Waals surface area contributed by atoms with Crippen LogP contribution >= 0.6 is 11.6 Å². The lowest BCUT2D eigenvalue weighted by Gasteiger charge is -2.11. The van der Waals surface area contributed by atoms with Crippen LogP contribution in [0.1, 0.15) is 33.2 Å². The zero-order valence-corrected chi connectivity index (χ0v) is 19.0. The number of hydrogen-bond acceptors (Lipinski definition) is 6. The van der Waals surface area contributed by atoms with Crippen LogP contribution in [0.5, 0.6) is 11.5 Å². The number of halogens is 1. The van der Waals surface area contributed by atoms with Gasteiger partial charge in [0.05, 0.1) is 24.9 Å². The number of ether oxygens (including phenoxy) is 2. The number of hydrogen-bond donors (Lipinski definition) is 2. The summed E-state index contributed by atoms with van der Waals surface area (Å²) in [6.07, 6.45) is 1.41. The van der Waals surface area contributed by atoms with E-state index in [9.17, 15) is 14.4 Å². The Morgan fingerprint density at radius 1 is 0.941 bits per heavy atom. The van der Waals surface area contributed by atoms with Crippen molar-refractivity contribution in [3.8, 4) is 11.5 Å². The van der Waals surface area contributed by atoms with Gasteiger partial charge in [-0.2, -0.15) is 5.10 Å². The Labute approximate surface area is 201 Å². The van der Waals surface area contributed by atoms with Crippen LogP contribution in [0.15, 0.2) is 77.9 Å². The summed E-state index contributed by atoms with van der Waals surface area (Å²) < 4.78 is 11.0. The maximum absolute atomic E-state index is 12.3. The molecule has 174 valence electrons. The summed E-state index contributed by atoms with van der Waals surface area (Å²) >= 11 is 5.79. The number of amides is 2. The third-order valence-corrected chi connectivity index (χ3v) is 4.65. The van der Waals surface area contributed by atoms with Crippen molar-refractivity contribution < 1.29 is 23.9 Å². The van der Waals surface area contributed by atoms with E-state index in [-0.39, 0.29) is 12.3 Å². The molecule has 3 aromatic rings. The summed E-state index contributed by atoms with van der Waals surface area (Å²) in [6.45, 7) is 1.92. The molecule has 0 fully saturated rings. The predicted octanol–water partition coefficient (Wildman–Crippen LogP) is 3.84. The van der Waals surface area contributed by atoms with Crippen molar-refractivity contribution in [1.82, 2.24) is 10.7 Å². The summed E-state index contributed by atoms with van der Waals surface area (Å²) in [5, 5.41) is 6.89. The molecule has 0 unspecified atom stereocenters. The van der Waals surface area contributed by atoms with Crippen LogP contribution in [0.25, 0.3) is 0 Å². The van der Waals surface area contributed by atoms with Crippen LogP contribution in [0, 0.1) is 0 Å². The molecule has 8 nitrogen and oxygen atoms in total. The molecule has 34 heavy (non-hydrogen) atoms. The molecule has 3 aromatic carbocycles. The number of rotatable bonds is 9. The first-order valence-corrected chi connectivity index (χ1v) is 10.7. The summed E-state index contributed by atoms with van der Waals surface area (Å²) in [6, 6.07) is 19.8. The minimum absolute atomic E-state index is 0.253. The maximum Gasteiger partial charge on any atom is 0.343 e. The van der Waals surface area contributed by atoms with Gasteiger partial charge >= 0.3 is 5.97 Å². The number of carbonyl (C=O) groups is 3. The molecule has 0 aliphatic carbocycles. The van der Waals surface area contributed by atoms with Crippen molar-refractivity contribution in [3.05, 3.63) is 94.5 Å². The van der Waals surface area contributed by atoms with Gasteiger partial charge in [-0.15, -0.1) is 0 Å². The lowest BCUT2D eigenvalue weighted by Crippen LogP contribution is -2.34. The molecule has 0 radical (unpaired) electrons. The molecule has 0 spiro atoms. The van der Waals surface area contributed by atoms with E-state index in [1.807, 2.05) is 13.0 Å².